The molecule has 0 saturated carbocycles. The molecule has 0 unspecified atom stereocenters. The maximum Gasteiger partial charge on any atom is 0.232 e. The highest BCUT2D eigenvalue weighted by atomic mass is 32.2. The molecule has 0 heterocycles. The maximum absolute atomic E-state index is 13.1. The average molecular weight is 407 g/mol. The maximum atomic E-state index is 13.1. The number of carbonyl (C=O) groups excluding carboxylic acids is 1. The second-order valence-electron chi connectivity index (χ2n) is 6.86. The normalized spacial score (nSPS) is 11.2. The van der Waals surface area contributed by atoms with E-state index in [1.54, 1.807) is 0 Å². The SMILES string of the molecule is Cc1cccc(CCCNC(=O)CCCN(c2ccc(F)cc2)S(C)(=O)=O)c1. The molecule has 7 heteroatoms. The molecule has 0 spiro atoms. The Kier molecular flexibility index (Phi) is 7.99. The molecule has 1 N–H and O–H groups in total. The lowest BCUT2D eigenvalue weighted by atomic mass is 10.1. The molecular weight excluding hydrogens is 379 g/mol. The highest BCUT2D eigenvalue weighted by Gasteiger charge is 2.17. The van der Waals surface area contributed by atoms with Gasteiger partial charge in [-0.1, -0.05) is 29.8 Å². The van der Waals surface area contributed by atoms with Gasteiger partial charge in [0.1, 0.15) is 5.82 Å². The number of hydrogen-bond acceptors (Lipinski definition) is 3. The third-order valence-corrected chi connectivity index (χ3v) is 5.52. The van der Waals surface area contributed by atoms with Gasteiger partial charge in [0, 0.05) is 19.5 Å². The minimum Gasteiger partial charge on any atom is -0.356 e. The average Bonchev–Trinajstić information content (AvgIpc) is 2.62. The van der Waals surface area contributed by atoms with Crippen molar-refractivity contribution in [2.45, 2.75) is 32.6 Å². The van der Waals surface area contributed by atoms with E-state index >= 15 is 0 Å². The molecule has 2 aromatic rings. The highest BCUT2D eigenvalue weighted by molar-refractivity contribution is 7.92. The van der Waals surface area contributed by atoms with E-state index in [1.165, 1.54) is 39.7 Å². The first-order chi connectivity index (χ1) is 13.3. The molecule has 0 saturated heterocycles. The van der Waals surface area contributed by atoms with E-state index in [4.69, 9.17) is 0 Å². The summed E-state index contributed by atoms with van der Waals surface area (Å²) in [5.74, 6) is -0.529. The third-order valence-electron chi connectivity index (χ3n) is 4.33. The van der Waals surface area contributed by atoms with Crippen LogP contribution in [0.3, 0.4) is 0 Å². The molecular formula is C21H27FN2O3S. The summed E-state index contributed by atoms with van der Waals surface area (Å²) < 4.78 is 38.2. The Labute approximate surface area is 166 Å². The Bertz CT molecular complexity index is 883. The van der Waals surface area contributed by atoms with Crippen LogP contribution in [0.4, 0.5) is 10.1 Å². The van der Waals surface area contributed by atoms with E-state index in [2.05, 4.69) is 30.4 Å². The van der Waals surface area contributed by atoms with E-state index in [1.807, 2.05) is 6.07 Å². The van der Waals surface area contributed by atoms with Gasteiger partial charge >= 0.3 is 0 Å². The number of nitrogens with zero attached hydrogens (tertiary/aromatic N) is 1. The van der Waals surface area contributed by atoms with Crippen molar-refractivity contribution >= 4 is 21.6 Å². The van der Waals surface area contributed by atoms with Crippen LogP contribution in [-0.4, -0.2) is 33.7 Å². The molecule has 0 aromatic heterocycles. The van der Waals surface area contributed by atoms with Crippen LogP contribution >= 0.6 is 0 Å². The van der Waals surface area contributed by atoms with Crippen LogP contribution in [0.15, 0.2) is 48.5 Å². The lowest BCUT2D eigenvalue weighted by Crippen LogP contribution is -2.32. The molecule has 0 fully saturated rings. The number of anilines is 1. The fourth-order valence-electron chi connectivity index (χ4n) is 2.95. The number of halogens is 1. The van der Waals surface area contributed by atoms with Gasteiger partial charge in [-0.15, -0.1) is 0 Å². The van der Waals surface area contributed by atoms with Crippen molar-refractivity contribution in [1.29, 1.82) is 0 Å². The summed E-state index contributed by atoms with van der Waals surface area (Å²) in [6.45, 7) is 2.80. The summed E-state index contributed by atoms with van der Waals surface area (Å²) >= 11 is 0. The van der Waals surface area contributed by atoms with E-state index < -0.39 is 15.8 Å². The third kappa shape index (κ3) is 7.31. The van der Waals surface area contributed by atoms with Crippen LogP contribution in [0.2, 0.25) is 0 Å². The molecule has 2 aromatic carbocycles. The lowest BCUT2D eigenvalue weighted by Gasteiger charge is -2.22. The number of sulfonamides is 1. The van der Waals surface area contributed by atoms with Crippen LogP contribution in [0, 0.1) is 12.7 Å². The summed E-state index contributed by atoms with van der Waals surface area (Å²) in [7, 11) is -3.50. The second-order valence-corrected chi connectivity index (χ2v) is 8.76. The first-order valence-electron chi connectivity index (χ1n) is 9.31. The van der Waals surface area contributed by atoms with Gasteiger partial charge in [0.05, 0.1) is 11.9 Å². The van der Waals surface area contributed by atoms with E-state index in [9.17, 15) is 17.6 Å². The van der Waals surface area contributed by atoms with Crippen molar-refractivity contribution in [3.63, 3.8) is 0 Å². The molecule has 0 radical (unpaired) electrons. The predicted octanol–water partition coefficient (Wildman–Crippen LogP) is 3.43. The summed E-state index contributed by atoms with van der Waals surface area (Å²) in [5.41, 5.74) is 2.86. The largest absolute Gasteiger partial charge is 0.356 e. The summed E-state index contributed by atoms with van der Waals surface area (Å²) in [6, 6.07) is 13.6. The summed E-state index contributed by atoms with van der Waals surface area (Å²) in [6.07, 6.45) is 3.46. The van der Waals surface area contributed by atoms with Crippen LogP contribution in [0.1, 0.15) is 30.4 Å². The minimum absolute atomic E-state index is 0.100. The van der Waals surface area contributed by atoms with Gasteiger partial charge in [-0.25, -0.2) is 12.8 Å². The number of benzene rings is 2. The zero-order valence-electron chi connectivity index (χ0n) is 16.3. The Morgan fingerprint density at radius 1 is 1.11 bits per heavy atom. The molecule has 1 amide bonds. The fourth-order valence-corrected chi connectivity index (χ4v) is 3.92. The van der Waals surface area contributed by atoms with Crippen LogP contribution in [0.5, 0.6) is 0 Å². The number of carbonyl (C=O) groups is 1. The molecule has 0 atom stereocenters. The highest BCUT2D eigenvalue weighted by Crippen LogP contribution is 2.18. The topological polar surface area (TPSA) is 66.5 Å². The van der Waals surface area contributed by atoms with Crippen molar-refractivity contribution in [1.82, 2.24) is 5.32 Å². The molecule has 28 heavy (non-hydrogen) atoms. The van der Waals surface area contributed by atoms with E-state index in [-0.39, 0.29) is 18.9 Å². The standard InChI is InChI=1S/C21H27FN2O3S/c1-17-6-3-7-18(16-17)8-4-14-23-21(25)9-5-15-24(28(2,26)27)20-12-10-19(22)11-13-20/h3,6-7,10-13,16H,4-5,8-9,14-15H2,1-2H3,(H,23,25). The number of rotatable bonds is 10. The van der Waals surface area contributed by atoms with Gasteiger partial charge < -0.3 is 5.32 Å². The Hall–Kier alpha value is -2.41. The molecule has 0 bridgehead atoms. The second kappa shape index (κ2) is 10.2. The Balaban J connectivity index is 1.74. The fraction of sp³-hybridized carbons (Fsp3) is 0.381. The smallest absolute Gasteiger partial charge is 0.232 e. The lowest BCUT2D eigenvalue weighted by molar-refractivity contribution is -0.121. The van der Waals surface area contributed by atoms with Crippen molar-refractivity contribution < 1.29 is 17.6 Å². The molecule has 5 nitrogen and oxygen atoms in total. The van der Waals surface area contributed by atoms with Gasteiger partial charge in [0.2, 0.25) is 15.9 Å². The van der Waals surface area contributed by atoms with Gasteiger partial charge in [0.25, 0.3) is 0 Å². The molecule has 0 aliphatic heterocycles. The van der Waals surface area contributed by atoms with Crippen LogP contribution < -0.4 is 9.62 Å². The van der Waals surface area contributed by atoms with Gasteiger partial charge in [0.15, 0.2) is 0 Å². The zero-order chi connectivity index (χ0) is 20.6. The first-order valence-corrected chi connectivity index (χ1v) is 11.2. The van der Waals surface area contributed by atoms with Crippen LogP contribution in [-0.2, 0) is 21.2 Å². The molecule has 152 valence electrons. The van der Waals surface area contributed by atoms with Gasteiger partial charge in [-0.2, -0.15) is 0 Å². The van der Waals surface area contributed by atoms with Gasteiger partial charge in [-0.3, -0.25) is 9.10 Å². The van der Waals surface area contributed by atoms with E-state index in [0.717, 1.165) is 19.1 Å². The number of nitrogens with one attached hydrogen (secondary N) is 1. The summed E-state index contributed by atoms with van der Waals surface area (Å²) in [4.78, 5) is 12.0. The van der Waals surface area contributed by atoms with Crippen molar-refractivity contribution in [2.75, 3.05) is 23.7 Å². The molecule has 0 aliphatic rings. The Morgan fingerprint density at radius 2 is 1.82 bits per heavy atom. The zero-order valence-corrected chi connectivity index (χ0v) is 17.1. The molecule has 2 rings (SSSR count). The molecule has 0 aliphatic carbocycles. The van der Waals surface area contributed by atoms with E-state index in [0.29, 0.717) is 18.7 Å². The predicted molar refractivity (Wildman–Crippen MR) is 110 cm³/mol. The number of aryl methyl sites for hydroxylation is 2. The van der Waals surface area contributed by atoms with Gasteiger partial charge in [-0.05, 0) is 56.0 Å². The summed E-state index contributed by atoms with van der Waals surface area (Å²) in [5, 5.41) is 2.87. The first kappa shape index (κ1) is 21.9. The monoisotopic (exact) mass is 406 g/mol. The van der Waals surface area contributed by atoms with Crippen molar-refractivity contribution in [2.24, 2.45) is 0 Å². The van der Waals surface area contributed by atoms with Crippen LogP contribution in [0.25, 0.3) is 0 Å². The quantitative estimate of drug-likeness (QED) is 0.615. The minimum atomic E-state index is -3.50. The number of hydrogen-bond donors (Lipinski definition) is 1. The van der Waals surface area contributed by atoms with Crippen molar-refractivity contribution in [3.8, 4) is 0 Å². The number of amides is 1. The van der Waals surface area contributed by atoms with Crippen molar-refractivity contribution in [3.05, 3.63) is 65.5 Å². The Morgan fingerprint density at radius 3 is 2.46 bits per heavy atom.